The van der Waals surface area contributed by atoms with E-state index in [1.165, 1.54) is 14.2 Å². The van der Waals surface area contributed by atoms with Gasteiger partial charge in [-0.15, -0.1) is 0 Å². The number of phenolic OH excluding ortho intramolecular Hbond substituents is 1. The Kier molecular flexibility index (Phi) is 7.43. The topological polar surface area (TPSA) is 145 Å². The summed E-state index contributed by atoms with van der Waals surface area (Å²) in [6.07, 6.45) is 3.20. The number of anilines is 1. The lowest BCUT2D eigenvalue weighted by atomic mass is 9.95. The number of aliphatic imine (C=N–C) groups is 2. The molecule has 0 spiro atoms. The number of hydrogen-bond acceptors (Lipinski definition) is 9. The number of carbonyl (C=O) groups is 1. The molecule has 0 saturated heterocycles. The molecule has 0 aliphatic rings. The molecule has 1 amide bonds. The summed E-state index contributed by atoms with van der Waals surface area (Å²) in [6, 6.07) is 3.30. The fraction of sp³-hybridized carbons (Fsp3) is 0.263. The summed E-state index contributed by atoms with van der Waals surface area (Å²) in [6.45, 7) is 0. The Bertz CT molecular complexity index is 951. The van der Waals surface area contributed by atoms with Gasteiger partial charge in [-0.05, 0) is 17.7 Å². The largest absolute Gasteiger partial charge is 0.502 e. The molecule has 0 atom stereocenters. The SMILES string of the molecule is CN=Cc1c(N)nc(SCC(N)=O)c(C=NC)c1-c1cc(OC)c(O)c(OC)c1. The number of ether oxygens (including phenoxy) is 2. The first-order chi connectivity index (χ1) is 13.9. The van der Waals surface area contributed by atoms with Crippen molar-refractivity contribution in [1.82, 2.24) is 4.98 Å². The van der Waals surface area contributed by atoms with Crippen LogP contribution in [0, 0.1) is 0 Å². The number of rotatable bonds is 8. The Hall–Kier alpha value is -3.27. The lowest BCUT2D eigenvalue weighted by Gasteiger charge is -2.18. The fourth-order valence-corrected chi connectivity index (χ4v) is 3.47. The third-order valence-corrected chi connectivity index (χ3v) is 4.92. The highest BCUT2D eigenvalue weighted by Gasteiger charge is 2.22. The molecule has 0 unspecified atom stereocenters. The molecule has 0 fully saturated rings. The van der Waals surface area contributed by atoms with E-state index in [0.717, 1.165) is 11.8 Å². The van der Waals surface area contributed by atoms with Crippen LogP contribution < -0.4 is 20.9 Å². The van der Waals surface area contributed by atoms with Crippen LogP contribution in [0.3, 0.4) is 0 Å². The quantitative estimate of drug-likeness (QED) is 0.438. The Labute approximate surface area is 172 Å². The molecule has 0 radical (unpaired) electrons. The summed E-state index contributed by atoms with van der Waals surface area (Å²) in [4.78, 5) is 23.9. The molecular formula is C19H23N5O4S. The minimum Gasteiger partial charge on any atom is -0.502 e. The van der Waals surface area contributed by atoms with E-state index >= 15 is 0 Å². The van der Waals surface area contributed by atoms with Crippen molar-refractivity contribution >= 4 is 35.9 Å². The molecule has 9 nitrogen and oxygen atoms in total. The summed E-state index contributed by atoms with van der Waals surface area (Å²) in [5, 5.41) is 10.8. The lowest BCUT2D eigenvalue weighted by Crippen LogP contribution is -2.14. The zero-order valence-corrected chi connectivity index (χ0v) is 17.4. The molecule has 1 aromatic heterocycles. The predicted molar refractivity (Wildman–Crippen MR) is 116 cm³/mol. The van der Waals surface area contributed by atoms with Crippen molar-refractivity contribution in [3.8, 4) is 28.4 Å². The molecule has 2 aromatic rings. The third-order valence-electron chi connectivity index (χ3n) is 3.90. The van der Waals surface area contributed by atoms with E-state index in [1.807, 2.05) is 0 Å². The average molecular weight is 417 g/mol. The summed E-state index contributed by atoms with van der Waals surface area (Å²) in [5.41, 5.74) is 14.0. The van der Waals surface area contributed by atoms with Gasteiger partial charge in [0.25, 0.3) is 0 Å². The standard InChI is InChI=1S/C19H23N5O4S/c1-22-7-11-16(10-5-13(27-3)17(26)14(6-10)28-4)12(8-23-2)19(24-18(11)21)29-9-15(20)25/h5-8,26H,9H2,1-4H3,(H2,20,25)(H2,21,24). The van der Waals surface area contributed by atoms with Crippen LogP contribution in [0.5, 0.6) is 17.2 Å². The second kappa shape index (κ2) is 9.78. The predicted octanol–water partition coefficient (Wildman–Crippen LogP) is 1.73. The molecule has 1 aromatic carbocycles. The second-order valence-corrected chi connectivity index (χ2v) is 6.73. The third kappa shape index (κ3) is 4.77. The monoisotopic (exact) mass is 417 g/mol. The highest BCUT2D eigenvalue weighted by molar-refractivity contribution is 8.00. The molecule has 10 heteroatoms. The number of aromatic nitrogens is 1. The number of carbonyl (C=O) groups excluding carboxylic acids is 1. The number of benzene rings is 1. The number of thioether (sulfide) groups is 1. The molecular weight excluding hydrogens is 394 g/mol. The van der Waals surface area contributed by atoms with E-state index < -0.39 is 5.91 Å². The lowest BCUT2D eigenvalue weighted by molar-refractivity contribution is -0.115. The molecule has 0 aliphatic heterocycles. The van der Waals surface area contributed by atoms with Crippen LogP contribution in [0.1, 0.15) is 11.1 Å². The molecule has 0 aliphatic carbocycles. The minimum atomic E-state index is -0.483. The number of nitrogens with two attached hydrogens (primary N) is 2. The maximum atomic E-state index is 11.3. The Balaban J connectivity index is 2.91. The number of methoxy groups -OCH3 is 2. The average Bonchev–Trinajstić information content (AvgIpc) is 2.69. The molecule has 0 bridgehead atoms. The summed E-state index contributed by atoms with van der Waals surface area (Å²) in [7, 11) is 6.12. The highest BCUT2D eigenvalue weighted by Crippen LogP contribution is 2.43. The first-order valence-electron chi connectivity index (χ1n) is 8.42. The van der Waals surface area contributed by atoms with Crippen molar-refractivity contribution in [1.29, 1.82) is 0 Å². The van der Waals surface area contributed by atoms with Crippen LogP contribution in [0.15, 0.2) is 27.1 Å². The van der Waals surface area contributed by atoms with E-state index in [9.17, 15) is 9.90 Å². The zero-order valence-electron chi connectivity index (χ0n) is 16.6. The molecule has 2 rings (SSSR count). The molecule has 5 N–H and O–H groups in total. The highest BCUT2D eigenvalue weighted by atomic mass is 32.2. The van der Waals surface area contributed by atoms with Gasteiger partial charge in [0.05, 0.1) is 20.0 Å². The van der Waals surface area contributed by atoms with Crippen LogP contribution in [0.25, 0.3) is 11.1 Å². The van der Waals surface area contributed by atoms with E-state index in [2.05, 4.69) is 15.0 Å². The van der Waals surface area contributed by atoms with Gasteiger partial charge < -0.3 is 26.0 Å². The summed E-state index contributed by atoms with van der Waals surface area (Å²) >= 11 is 1.15. The van der Waals surface area contributed by atoms with E-state index in [1.54, 1.807) is 38.7 Å². The first kappa shape index (κ1) is 22.0. The van der Waals surface area contributed by atoms with Gasteiger partial charge >= 0.3 is 0 Å². The number of nitrogen functional groups attached to an aromatic ring is 1. The zero-order chi connectivity index (χ0) is 21.6. The molecule has 154 valence electrons. The number of primary amides is 1. The van der Waals surface area contributed by atoms with E-state index in [-0.39, 0.29) is 28.8 Å². The van der Waals surface area contributed by atoms with Gasteiger partial charge in [-0.3, -0.25) is 14.8 Å². The second-order valence-electron chi connectivity index (χ2n) is 5.76. The number of pyridine rings is 1. The van der Waals surface area contributed by atoms with Gasteiger partial charge in [-0.2, -0.15) is 0 Å². The van der Waals surface area contributed by atoms with Gasteiger partial charge in [0, 0.05) is 43.2 Å². The summed E-state index contributed by atoms with van der Waals surface area (Å²) in [5.74, 6) is 0.0837. The van der Waals surface area contributed by atoms with Gasteiger partial charge in [0.1, 0.15) is 10.8 Å². The van der Waals surface area contributed by atoms with Gasteiger partial charge in [0.15, 0.2) is 11.5 Å². The Morgan fingerprint density at radius 2 is 1.72 bits per heavy atom. The van der Waals surface area contributed by atoms with Crippen molar-refractivity contribution in [3.05, 3.63) is 23.3 Å². The first-order valence-corrected chi connectivity index (χ1v) is 9.40. The van der Waals surface area contributed by atoms with Gasteiger partial charge in [0.2, 0.25) is 11.7 Å². The van der Waals surface area contributed by atoms with Gasteiger partial charge in [-0.25, -0.2) is 4.98 Å². The molecule has 0 saturated carbocycles. The summed E-state index contributed by atoms with van der Waals surface area (Å²) < 4.78 is 10.6. The minimum absolute atomic E-state index is 0.0276. The maximum absolute atomic E-state index is 11.3. The van der Waals surface area contributed by atoms with Crippen molar-refractivity contribution in [3.63, 3.8) is 0 Å². The van der Waals surface area contributed by atoms with Crippen molar-refractivity contribution in [2.75, 3.05) is 39.8 Å². The van der Waals surface area contributed by atoms with Crippen LogP contribution in [0.2, 0.25) is 0 Å². The number of phenols is 1. The molecule has 29 heavy (non-hydrogen) atoms. The van der Waals surface area contributed by atoms with Crippen LogP contribution in [-0.2, 0) is 4.79 Å². The van der Waals surface area contributed by atoms with E-state index in [0.29, 0.717) is 27.3 Å². The van der Waals surface area contributed by atoms with E-state index in [4.69, 9.17) is 20.9 Å². The number of aromatic hydroxyl groups is 1. The molecule has 1 heterocycles. The number of nitrogens with zero attached hydrogens (tertiary/aromatic N) is 3. The van der Waals surface area contributed by atoms with Crippen LogP contribution in [0.4, 0.5) is 5.82 Å². The number of amides is 1. The normalized spacial score (nSPS) is 11.3. The van der Waals surface area contributed by atoms with Crippen LogP contribution in [-0.4, -0.2) is 62.5 Å². The maximum Gasteiger partial charge on any atom is 0.227 e. The van der Waals surface area contributed by atoms with Crippen molar-refractivity contribution in [2.45, 2.75) is 5.03 Å². The van der Waals surface area contributed by atoms with Gasteiger partial charge in [-0.1, -0.05) is 11.8 Å². The fourth-order valence-electron chi connectivity index (χ4n) is 2.72. The van der Waals surface area contributed by atoms with Crippen molar-refractivity contribution in [2.24, 2.45) is 15.7 Å². The Morgan fingerprint density at radius 3 is 2.21 bits per heavy atom. The van der Waals surface area contributed by atoms with Crippen LogP contribution >= 0.6 is 11.8 Å². The smallest absolute Gasteiger partial charge is 0.227 e. The number of hydrogen-bond donors (Lipinski definition) is 3. The van der Waals surface area contributed by atoms with Crippen molar-refractivity contribution < 1.29 is 19.4 Å². The Morgan fingerprint density at radius 1 is 1.17 bits per heavy atom.